The molecule has 9 heteroatoms. The van der Waals surface area contributed by atoms with Crippen molar-refractivity contribution in [3.8, 4) is 5.82 Å². The molecule has 3 N–H and O–H groups in total. The number of nitrogens with zero attached hydrogens (tertiary/aromatic N) is 5. The standard InChI is InChI=1S/C11H14N8O/c1-7-4-9(17-15-7)14-11(20)8-2-3-10(18-16-8)19-6-12-5-13-19/h2-3,5-7,9,15,17H,4H2,1H3,(H,14,20). The van der Waals surface area contributed by atoms with E-state index in [1.54, 1.807) is 12.1 Å². The molecule has 2 atom stereocenters. The third-order valence-electron chi connectivity index (χ3n) is 2.94. The zero-order valence-corrected chi connectivity index (χ0v) is 10.8. The maximum atomic E-state index is 12.0. The van der Waals surface area contributed by atoms with Crippen molar-refractivity contribution in [1.29, 1.82) is 0 Å². The van der Waals surface area contributed by atoms with Gasteiger partial charge >= 0.3 is 0 Å². The monoisotopic (exact) mass is 274 g/mol. The van der Waals surface area contributed by atoms with Crippen LogP contribution in [0.15, 0.2) is 24.8 Å². The lowest BCUT2D eigenvalue weighted by Crippen LogP contribution is -2.44. The summed E-state index contributed by atoms with van der Waals surface area (Å²) < 4.78 is 1.47. The maximum Gasteiger partial charge on any atom is 0.273 e. The van der Waals surface area contributed by atoms with Crippen LogP contribution in [-0.2, 0) is 0 Å². The molecular formula is C11H14N8O. The van der Waals surface area contributed by atoms with Crippen LogP contribution in [0.3, 0.4) is 0 Å². The Morgan fingerprint density at radius 1 is 1.40 bits per heavy atom. The van der Waals surface area contributed by atoms with E-state index >= 15 is 0 Å². The van der Waals surface area contributed by atoms with Gasteiger partial charge in [0, 0.05) is 6.04 Å². The average Bonchev–Trinajstić information content (AvgIpc) is 3.11. The molecule has 2 aromatic heterocycles. The second kappa shape index (κ2) is 5.31. The van der Waals surface area contributed by atoms with E-state index in [1.807, 2.05) is 6.92 Å². The Kier molecular flexibility index (Phi) is 3.35. The second-order valence-electron chi connectivity index (χ2n) is 4.57. The van der Waals surface area contributed by atoms with Crippen molar-refractivity contribution in [2.75, 3.05) is 0 Å². The van der Waals surface area contributed by atoms with E-state index in [-0.39, 0.29) is 17.8 Å². The highest BCUT2D eigenvalue weighted by Crippen LogP contribution is 2.04. The van der Waals surface area contributed by atoms with Crippen molar-refractivity contribution in [3.63, 3.8) is 0 Å². The van der Waals surface area contributed by atoms with Crippen LogP contribution in [-0.4, -0.2) is 43.1 Å². The number of amides is 1. The van der Waals surface area contributed by atoms with E-state index < -0.39 is 0 Å². The van der Waals surface area contributed by atoms with Crippen LogP contribution >= 0.6 is 0 Å². The van der Waals surface area contributed by atoms with Crippen LogP contribution in [0.5, 0.6) is 0 Å². The van der Waals surface area contributed by atoms with Gasteiger partial charge < -0.3 is 5.32 Å². The molecule has 0 aliphatic carbocycles. The van der Waals surface area contributed by atoms with Gasteiger partial charge in [-0.25, -0.2) is 15.1 Å². The Morgan fingerprint density at radius 2 is 2.30 bits per heavy atom. The molecule has 0 bridgehead atoms. The van der Waals surface area contributed by atoms with Crippen molar-refractivity contribution in [2.45, 2.75) is 25.6 Å². The average molecular weight is 274 g/mol. The fraction of sp³-hybridized carbons (Fsp3) is 0.364. The molecule has 0 saturated carbocycles. The number of carbonyl (C=O) groups excluding carboxylic acids is 1. The molecule has 1 amide bonds. The van der Waals surface area contributed by atoms with Crippen molar-refractivity contribution in [1.82, 2.24) is 41.1 Å². The summed E-state index contributed by atoms with van der Waals surface area (Å²) in [5, 5.41) is 14.6. The normalized spacial score (nSPS) is 21.9. The first kappa shape index (κ1) is 12.6. The summed E-state index contributed by atoms with van der Waals surface area (Å²) in [7, 11) is 0. The molecule has 0 radical (unpaired) electrons. The van der Waals surface area contributed by atoms with E-state index in [4.69, 9.17) is 0 Å². The van der Waals surface area contributed by atoms with Gasteiger partial charge in [-0.05, 0) is 25.5 Å². The number of hydrogen-bond donors (Lipinski definition) is 3. The molecule has 0 spiro atoms. The number of hydrogen-bond acceptors (Lipinski definition) is 7. The van der Waals surface area contributed by atoms with Crippen LogP contribution in [0.25, 0.3) is 5.82 Å². The Bertz CT molecular complexity index is 581. The number of nitrogens with one attached hydrogen (secondary N) is 3. The number of hydrazine groups is 1. The zero-order valence-electron chi connectivity index (χ0n) is 10.8. The van der Waals surface area contributed by atoms with Crippen molar-refractivity contribution >= 4 is 5.91 Å². The molecule has 3 heterocycles. The predicted octanol–water partition coefficient (Wildman–Crippen LogP) is -1.00. The zero-order chi connectivity index (χ0) is 13.9. The van der Waals surface area contributed by atoms with Gasteiger partial charge in [-0.2, -0.15) is 5.10 Å². The molecule has 9 nitrogen and oxygen atoms in total. The molecule has 104 valence electrons. The predicted molar refractivity (Wildman–Crippen MR) is 68.6 cm³/mol. The molecular weight excluding hydrogens is 260 g/mol. The first-order chi connectivity index (χ1) is 9.72. The smallest absolute Gasteiger partial charge is 0.273 e. The van der Waals surface area contributed by atoms with Crippen LogP contribution < -0.4 is 16.2 Å². The minimum atomic E-state index is -0.268. The van der Waals surface area contributed by atoms with E-state index in [1.165, 1.54) is 17.3 Å². The van der Waals surface area contributed by atoms with Gasteiger partial charge in [-0.15, -0.1) is 10.2 Å². The summed E-state index contributed by atoms with van der Waals surface area (Å²) in [6.07, 6.45) is 3.63. The SMILES string of the molecule is CC1CC(NC(=O)c2ccc(-n3cncn3)nn2)NN1. The summed E-state index contributed by atoms with van der Waals surface area (Å²) in [5.41, 5.74) is 6.28. The molecule has 20 heavy (non-hydrogen) atoms. The van der Waals surface area contributed by atoms with Crippen LogP contribution in [0.1, 0.15) is 23.8 Å². The molecule has 2 aromatic rings. The first-order valence-electron chi connectivity index (χ1n) is 6.23. The molecule has 0 aromatic carbocycles. The minimum absolute atomic E-state index is 0.103. The number of rotatable bonds is 3. The van der Waals surface area contributed by atoms with Gasteiger partial charge in [0.2, 0.25) is 0 Å². The van der Waals surface area contributed by atoms with Gasteiger partial charge in [0.05, 0.1) is 6.17 Å². The largest absolute Gasteiger partial charge is 0.334 e. The Hall–Kier alpha value is -2.39. The van der Waals surface area contributed by atoms with Crippen molar-refractivity contribution in [3.05, 3.63) is 30.5 Å². The van der Waals surface area contributed by atoms with Gasteiger partial charge in [-0.3, -0.25) is 10.2 Å². The quantitative estimate of drug-likeness (QED) is 0.658. The first-order valence-corrected chi connectivity index (χ1v) is 6.23. The molecule has 1 saturated heterocycles. The molecule has 1 aliphatic heterocycles. The summed E-state index contributed by atoms with van der Waals surface area (Å²) in [6.45, 7) is 2.03. The Morgan fingerprint density at radius 3 is 2.90 bits per heavy atom. The number of aromatic nitrogens is 5. The summed E-state index contributed by atoms with van der Waals surface area (Å²) >= 11 is 0. The van der Waals surface area contributed by atoms with Gasteiger partial charge in [0.15, 0.2) is 11.5 Å². The highest BCUT2D eigenvalue weighted by Gasteiger charge is 2.22. The maximum absolute atomic E-state index is 12.0. The molecule has 1 aliphatic rings. The lowest BCUT2D eigenvalue weighted by Gasteiger charge is -2.11. The fourth-order valence-corrected chi connectivity index (χ4v) is 1.94. The Labute approximate surface area is 114 Å². The highest BCUT2D eigenvalue weighted by atomic mass is 16.2. The van der Waals surface area contributed by atoms with E-state index in [2.05, 4.69) is 36.4 Å². The Balaban J connectivity index is 1.66. The van der Waals surface area contributed by atoms with Gasteiger partial charge in [-0.1, -0.05) is 0 Å². The second-order valence-corrected chi connectivity index (χ2v) is 4.57. The molecule has 3 rings (SSSR count). The van der Waals surface area contributed by atoms with Gasteiger partial charge in [0.1, 0.15) is 12.7 Å². The van der Waals surface area contributed by atoms with Gasteiger partial charge in [0.25, 0.3) is 5.91 Å². The van der Waals surface area contributed by atoms with E-state index in [9.17, 15) is 4.79 Å². The van der Waals surface area contributed by atoms with Crippen LogP contribution in [0.4, 0.5) is 0 Å². The lowest BCUT2D eigenvalue weighted by atomic mass is 10.2. The summed E-state index contributed by atoms with van der Waals surface area (Å²) in [5.74, 6) is 0.240. The van der Waals surface area contributed by atoms with Crippen LogP contribution in [0.2, 0.25) is 0 Å². The summed E-state index contributed by atoms with van der Waals surface area (Å²) in [4.78, 5) is 15.8. The van der Waals surface area contributed by atoms with Crippen molar-refractivity contribution < 1.29 is 4.79 Å². The minimum Gasteiger partial charge on any atom is -0.334 e. The topological polar surface area (TPSA) is 110 Å². The molecule has 1 fully saturated rings. The summed E-state index contributed by atoms with van der Waals surface area (Å²) in [6, 6.07) is 3.59. The lowest BCUT2D eigenvalue weighted by molar-refractivity contribution is 0.0926. The van der Waals surface area contributed by atoms with Crippen LogP contribution in [0, 0.1) is 0 Å². The number of carbonyl (C=O) groups is 1. The third-order valence-corrected chi connectivity index (χ3v) is 2.94. The van der Waals surface area contributed by atoms with E-state index in [0.717, 1.165) is 6.42 Å². The fourth-order valence-electron chi connectivity index (χ4n) is 1.94. The van der Waals surface area contributed by atoms with E-state index in [0.29, 0.717) is 11.9 Å². The highest BCUT2D eigenvalue weighted by molar-refractivity contribution is 5.92. The molecule has 2 unspecified atom stereocenters. The van der Waals surface area contributed by atoms with Crippen molar-refractivity contribution in [2.24, 2.45) is 0 Å². The third kappa shape index (κ3) is 2.63.